The summed E-state index contributed by atoms with van der Waals surface area (Å²) in [5.74, 6) is -1.23. The van der Waals surface area contributed by atoms with E-state index in [1.807, 2.05) is 13.8 Å². The van der Waals surface area contributed by atoms with Gasteiger partial charge in [-0.1, -0.05) is 26.7 Å². The molecule has 0 heterocycles. The van der Waals surface area contributed by atoms with Crippen molar-refractivity contribution in [2.45, 2.75) is 52.0 Å². The number of ether oxygens (including phenoxy) is 1. The molecule has 0 aliphatic carbocycles. The molecular weight excluding hydrogens is 222 g/mol. The van der Waals surface area contributed by atoms with Crippen LogP contribution in [0, 0.1) is 0 Å². The Morgan fingerprint density at radius 3 is 2.47 bits per heavy atom. The third-order valence-corrected chi connectivity index (χ3v) is 2.30. The molecule has 100 valence electrons. The zero-order valence-electron chi connectivity index (χ0n) is 10.7. The fourth-order valence-corrected chi connectivity index (χ4v) is 1.34. The summed E-state index contributed by atoms with van der Waals surface area (Å²) in [6, 6.07) is -0.770. The Bertz CT molecular complexity index is 231. The number of carbonyl (C=O) groups is 2. The van der Waals surface area contributed by atoms with Crippen LogP contribution in [0.3, 0.4) is 0 Å². The van der Waals surface area contributed by atoms with Gasteiger partial charge in [0.25, 0.3) is 0 Å². The topological polar surface area (TPSA) is 75.6 Å². The molecular formula is C12H23NO4. The van der Waals surface area contributed by atoms with Crippen molar-refractivity contribution < 1.29 is 19.4 Å². The van der Waals surface area contributed by atoms with Crippen molar-refractivity contribution in [1.29, 1.82) is 0 Å². The predicted molar refractivity (Wildman–Crippen MR) is 64.8 cm³/mol. The first-order valence-corrected chi connectivity index (χ1v) is 6.21. The maximum atomic E-state index is 11.4. The Morgan fingerprint density at radius 2 is 1.94 bits per heavy atom. The number of amides is 1. The van der Waals surface area contributed by atoms with Crippen molar-refractivity contribution in [3.8, 4) is 0 Å². The summed E-state index contributed by atoms with van der Waals surface area (Å²) in [6.45, 7) is 4.95. The lowest BCUT2D eigenvalue weighted by Gasteiger charge is -2.13. The summed E-state index contributed by atoms with van der Waals surface area (Å²) in [5, 5.41) is 11.4. The largest absolute Gasteiger partial charge is 0.480 e. The van der Waals surface area contributed by atoms with Gasteiger partial charge in [-0.2, -0.15) is 0 Å². The number of aliphatic carboxylic acids is 1. The second-order valence-electron chi connectivity index (χ2n) is 3.96. The van der Waals surface area contributed by atoms with E-state index in [-0.39, 0.29) is 12.3 Å². The number of unbranched alkanes of at least 4 members (excludes halogenated alkanes) is 1. The average molecular weight is 245 g/mol. The summed E-state index contributed by atoms with van der Waals surface area (Å²) in [7, 11) is 0. The molecule has 0 aliphatic heterocycles. The first-order valence-electron chi connectivity index (χ1n) is 6.21. The summed E-state index contributed by atoms with van der Waals surface area (Å²) in [4.78, 5) is 22.3. The van der Waals surface area contributed by atoms with Gasteiger partial charge in [-0.05, 0) is 12.8 Å². The fourth-order valence-electron chi connectivity index (χ4n) is 1.34. The van der Waals surface area contributed by atoms with Crippen molar-refractivity contribution in [3.63, 3.8) is 0 Å². The molecule has 0 spiro atoms. The molecule has 0 unspecified atom stereocenters. The highest BCUT2D eigenvalue weighted by molar-refractivity contribution is 5.83. The third kappa shape index (κ3) is 8.68. The van der Waals surface area contributed by atoms with Crippen LogP contribution in [-0.4, -0.2) is 36.2 Å². The lowest BCUT2D eigenvalue weighted by molar-refractivity contribution is -0.142. The van der Waals surface area contributed by atoms with E-state index in [0.29, 0.717) is 19.6 Å². The van der Waals surface area contributed by atoms with Gasteiger partial charge in [0, 0.05) is 13.0 Å². The minimum absolute atomic E-state index is 0.218. The number of carbonyl (C=O) groups excluding carboxylic acids is 1. The van der Waals surface area contributed by atoms with E-state index < -0.39 is 12.0 Å². The number of carboxylic acids is 1. The van der Waals surface area contributed by atoms with E-state index in [2.05, 4.69) is 5.32 Å². The van der Waals surface area contributed by atoms with Crippen LogP contribution in [0.1, 0.15) is 46.0 Å². The van der Waals surface area contributed by atoms with Gasteiger partial charge in [-0.25, -0.2) is 4.79 Å². The van der Waals surface area contributed by atoms with E-state index >= 15 is 0 Å². The minimum Gasteiger partial charge on any atom is -0.480 e. The normalized spacial score (nSPS) is 12.1. The molecule has 17 heavy (non-hydrogen) atoms. The molecule has 1 atom stereocenters. The minimum atomic E-state index is -0.971. The molecule has 0 radical (unpaired) electrons. The molecule has 0 saturated carbocycles. The standard InChI is InChI=1S/C12H23NO4/c1-3-5-6-10(12(15)16)13-11(14)7-9-17-8-4-2/h10H,3-9H2,1-2H3,(H,13,14)(H,15,16)/t10-/m0/s1. The number of nitrogens with one attached hydrogen (secondary N) is 1. The van der Waals surface area contributed by atoms with E-state index in [1.165, 1.54) is 0 Å². The van der Waals surface area contributed by atoms with Gasteiger partial charge in [0.2, 0.25) is 5.91 Å². The van der Waals surface area contributed by atoms with Crippen molar-refractivity contribution >= 4 is 11.9 Å². The summed E-state index contributed by atoms with van der Waals surface area (Å²) >= 11 is 0. The SMILES string of the molecule is CCCC[C@H](NC(=O)CCOCCC)C(=O)O. The number of hydrogen-bond donors (Lipinski definition) is 2. The van der Waals surface area contributed by atoms with Gasteiger partial charge in [0.15, 0.2) is 0 Å². The number of carboxylic acid groups (broad SMARTS) is 1. The highest BCUT2D eigenvalue weighted by Gasteiger charge is 2.18. The fraction of sp³-hybridized carbons (Fsp3) is 0.833. The molecule has 0 rings (SSSR count). The first-order chi connectivity index (χ1) is 8.11. The molecule has 0 fully saturated rings. The molecule has 0 aromatic heterocycles. The molecule has 0 aliphatic rings. The highest BCUT2D eigenvalue weighted by atomic mass is 16.5. The van der Waals surface area contributed by atoms with Crippen molar-refractivity contribution in [2.75, 3.05) is 13.2 Å². The van der Waals surface area contributed by atoms with Crippen LogP contribution in [0.5, 0.6) is 0 Å². The van der Waals surface area contributed by atoms with Crippen LogP contribution in [0.25, 0.3) is 0 Å². The highest BCUT2D eigenvalue weighted by Crippen LogP contribution is 2.01. The van der Waals surface area contributed by atoms with Gasteiger partial charge in [-0.3, -0.25) is 4.79 Å². The summed E-state index contributed by atoms with van der Waals surface area (Å²) in [5.41, 5.74) is 0. The molecule has 0 bridgehead atoms. The van der Waals surface area contributed by atoms with Crippen LogP contribution in [-0.2, 0) is 14.3 Å². The van der Waals surface area contributed by atoms with Crippen LogP contribution in [0.4, 0.5) is 0 Å². The lowest BCUT2D eigenvalue weighted by atomic mass is 10.1. The monoisotopic (exact) mass is 245 g/mol. The quantitative estimate of drug-likeness (QED) is 0.573. The first kappa shape index (κ1) is 15.9. The van der Waals surface area contributed by atoms with Crippen molar-refractivity contribution in [3.05, 3.63) is 0 Å². The van der Waals surface area contributed by atoms with E-state index in [4.69, 9.17) is 9.84 Å². The number of rotatable bonds is 10. The van der Waals surface area contributed by atoms with Gasteiger partial charge < -0.3 is 15.2 Å². The maximum absolute atomic E-state index is 11.4. The van der Waals surface area contributed by atoms with Gasteiger partial charge in [0.1, 0.15) is 6.04 Å². The Balaban J connectivity index is 3.83. The molecule has 2 N–H and O–H groups in total. The van der Waals surface area contributed by atoms with Crippen LogP contribution >= 0.6 is 0 Å². The Labute approximate surface area is 103 Å². The molecule has 0 aromatic carbocycles. The zero-order valence-corrected chi connectivity index (χ0v) is 10.7. The van der Waals surface area contributed by atoms with E-state index in [0.717, 1.165) is 19.3 Å². The van der Waals surface area contributed by atoms with Crippen LogP contribution in [0.15, 0.2) is 0 Å². The molecule has 5 heteroatoms. The number of hydrogen-bond acceptors (Lipinski definition) is 3. The Kier molecular flexibility index (Phi) is 9.43. The Hall–Kier alpha value is -1.10. The molecule has 5 nitrogen and oxygen atoms in total. The summed E-state index contributed by atoms with van der Waals surface area (Å²) < 4.78 is 5.17. The second-order valence-corrected chi connectivity index (χ2v) is 3.96. The molecule has 0 aromatic rings. The molecule has 0 saturated heterocycles. The van der Waals surface area contributed by atoms with Crippen molar-refractivity contribution in [2.24, 2.45) is 0 Å². The average Bonchev–Trinajstić information content (AvgIpc) is 2.29. The van der Waals surface area contributed by atoms with Crippen molar-refractivity contribution in [1.82, 2.24) is 5.32 Å². The molecule has 1 amide bonds. The second kappa shape index (κ2) is 10.1. The Morgan fingerprint density at radius 1 is 1.24 bits per heavy atom. The third-order valence-electron chi connectivity index (χ3n) is 2.30. The van der Waals surface area contributed by atoms with Gasteiger partial charge in [0.05, 0.1) is 6.61 Å². The van der Waals surface area contributed by atoms with Crippen LogP contribution < -0.4 is 5.32 Å². The van der Waals surface area contributed by atoms with Gasteiger partial charge >= 0.3 is 5.97 Å². The smallest absolute Gasteiger partial charge is 0.326 e. The van der Waals surface area contributed by atoms with E-state index in [9.17, 15) is 9.59 Å². The predicted octanol–water partition coefficient (Wildman–Crippen LogP) is 1.56. The maximum Gasteiger partial charge on any atom is 0.326 e. The lowest BCUT2D eigenvalue weighted by Crippen LogP contribution is -2.41. The summed E-state index contributed by atoms with van der Waals surface area (Å²) in [6.07, 6.45) is 3.32. The zero-order chi connectivity index (χ0) is 13.1. The van der Waals surface area contributed by atoms with E-state index in [1.54, 1.807) is 0 Å². The van der Waals surface area contributed by atoms with Gasteiger partial charge in [-0.15, -0.1) is 0 Å². The van der Waals surface area contributed by atoms with Crippen LogP contribution in [0.2, 0.25) is 0 Å².